The third kappa shape index (κ3) is 1.58. The third-order valence-electron chi connectivity index (χ3n) is 0.408. The van der Waals surface area contributed by atoms with E-state index >= 15 is 0 Å². The van der Waals surface area contributed by atoms with Crippen LogP contribution in [0.5, 0.6) is 0 Å². The molecule has 0 saturated carbocycles. The van der Waals surface area contributed by atoms with Gasteiger partial charge in [-0.1, -0.05) is 0 Å². The fourth-order valence-corrected chi connectivity index (χ4v) is 0.185. The van der Waals surface area contributed by atoms with E-state index in [1.165, 1.54) is 0 Å². The van der Waals surface area contributed by atoms with Crippen molar-refractivity contribution in [2.45, 2.75) is 0 Å². The molecule has 1 heterocycles. The summed E-state index contributed by atoms with van der Waals surface area (Å²) in [5.74, 6) is 0.000000000000000222. The Morgan fingerprint density at radius 3 is 2.62 bits per heavy atom. The Balaban J connectivity index is 0.000000490. The predicted octanol–water partition coefficient (Wildman–Crippen LogP) is -3.62. The van der Waals surface area contributed by atoms with Crippen LogP contribution in [0, 0.1) is 6.57 Å². The number of rotatable bonds is 0. The molecule has 0 aliphatic rings. The van der Waals surface area contributed by atoms with Crippen LogP contribution in [0.3, 0.4) is 0 Å². The Hall–Kier alpha value is -0.440. The summed E-state index contributed by atoms with van der Waals surface area (Å²) in [6, 6.07) is 0. The Morgan fingerprint density at radius 1 is 1.62 bits per heavy atom. The quantitative estimate of drug-likeness (QED) is 0.260. The molecule has 0 radical (unpaired) electrons. The molecule has 34 valence electrons. The Labute approximate surface area is 67.6 Å². The Kier molecular flexibility index (Phi) is 3.35. The summed E-state index contributed by atoms with van der Waals surface area (Å²) in [7, 11) is 0. The molecular weight excluding hydrogens is 117 g/mol. The fourth-order valence-electron chi connectivity index (χ4n) is 0.185. The fraction of sp³-hybridized carbons (Fsp3) is 0. The molecule has 5 nitrogen and oxygen atoms in total. The zero-order chi connectivity index (χ0) is 5.11. The van der Waals surface area contributed by atoms with Crippen molar-refractivity contribution in [2.75, 3.05) is 0 Å². The van der Waals surface area contributed by atoms with Crippen molar-refractivity contribution in [3.63, 3.8) is 0 Å². The first-order valence-electron chi connectivity index (χ1n) is 1.49. The predicted molar refractivity (Wildman–Crippen MR) is 19.4 cm³/mol. The minimum absolute atomic E-state index is 0. The first-order chi connectivity index (χ1) is 3.43. The van der Waals surface area contributed by atoms with Crippen molar-refractivity contribution in [2.24, 2.45) is 0 Å². The molecule has 0 unspecified atom stereocenters. The number of aromatic nitrogens is 4. The molecule has 0 aromatic carbocycles. The van der Waals surface area contributed by atoms with Crippen LogP contribution in [0.2, 0.25) is 0 Å². The largest absolute Gasteiger partial charge is 1.00 e. The van der Waals surface area contributed by atoms with Gasteiger partial charge in [-0.2, -0.15) is 10.2 Å². The van der Waals surface area contributed by atoms with Gasteiger partial charge < -0.3 is 4.85 Å². The molecular formula is C2N5Na. The van der Waals surface area contributed by atoms with Gasteiger partial charge in [0.2, 0.25) is 0 Å². The zero-order valence-electron chi connectivity index (χ0n) is 4.24. The van der Waals surface area contributed by atoms with Crippen molar-refractivity contribution in [3.05, 3.63) is 11.4 Å². The van der Waals surface area contributed by atoms with Gasteiger partial charge in [0.1, 0.15) is 0 Å². The monoisotopic (exact) mass is 117 g/mol. The average Bonchev–Trinajstić information content (AvgIpc) is 2.14. The topological polar surface area (TPSA) is 57.1 Å². The minimum atomic E-state index is 0. The summed E-state index contributed by atoms with van der Waals surface area (Å²) in [4.78, 5) is 2.83. The maximum atomic E-state index is 6.28. The van der Waals surface area contributed by atoms with E-state index in [4.69, 9.17) is 6.57 Å². The second-order valence-electron chi connectivity index (χ2n) is 0.791. The maximum absolute atomic E-state index is 6.28. The van der Waals surface area contributed by atoms with Crippen molar-refractivity contribution in [1.82, 2.24) is 20.6 Å². The normalized spacial score (nSPS) is 6.88. The van der Waals surface area contributed by atoms with Gasteiger partial charge in [-0.15, -0.1) is 0 Å². The summed E-state index contributed by atoms with van der Waals surface area (Å²) in [5, 5.41) is 12.6. The first kappa shape index (κ1) is 7.56. The maximum Gasteiger partial charge on any atom is 1.00 e. The summed E-state index contributed by atoms with van der Waals surface area (Å²) >= 11 is 0. The first-order valence-corrected chi connectivity index (χ1v) is 1.49. The van der Waals surface area contributed by atoms with Gasteiger partial charge in [0.15, 0.2) is 5.95 Å². The standard InChI is InChI=1S/C2N5.Na/c1-3-2-4-6-7-5-2;/q-1;+1. The van der Waals surface area contributed by atoms with E-state index in [1.807, 2.05) is 0 Å². The van der Waals surface area contributed by atoms with Gasteiger partial charge in [-0.25, -0.2) is 6.57 Å². The third-order valence-corrected chi connectivity index (χ3v) is 0.408. The second-order valence-corrected chi connectivity index (χ2v) is 0.791. The minimum Gasteiger partial charge on any atom is -0.533 e. The van der Waals surface area contributed by atoms with E-state index < -0.39 is 0 Å². The van der Waals surface area contributed by atoms with Gasteiger partial charge in [0, 0.05) is 0 Å². The van der Waals surface area contributed by atoms with Crippen molar-refractivity contribution in [3.8, 4) is 0 Å². The van der Waals surface area contributed by atoms with Crippen molar-refractivity contribution >= 4 is 5.95 Å². The van der Waals surface area contributed by atoms with Crippen molar-refractivity contribution in [1.29, 1.82) is 0 Å². The molecule has 0 spiro atoms. The van der Waals surface area contributed by atoms with E-state index in [-0.39, 0.29) is 35.5 Å². The van der Waals surface area contributed by atoms with Crippen LogP contribution in [-0.4, -0.2) is 15.5 Å². The molecule has 0 bridgehead atoms. The van der Waals surface area contributed by atoms with Crippen LogP contribution in [-0.2, 0) is 0 Å². The number of nitrogens with zero attached hydrogens (tertiary/aromatic N) is 5. The molecule has 8 heavy (non-hydrogen) atoms. The van der Waals surface area contributed by atoms with Crippen LogP contribution in [0.1, 0.15) is 0 Å². The Bertz CT molecular complexity index is 173. The summed E-state index contributed by atoms with van der Waals surface area (Å²) in [5.41, 5.74) is 0. The Morgan fingerprint density at radius 2 is 2.38 bits per heavy atom. The van der Waals surface area contributed by atoms with E-state index in [2.05, 4.69) is 25.5 Å². The van der Waals surface area contributed by atoms with E-state index in [0.29, 0.717) is 0 Å². The molecule has 0 atom stereocenters. The van der Waals surface area contributed by atoms with Crippen LogP contribution in [0.25, 0.3) is 4.85 Å². The molecule has 0 aliphatic heterocycles. The van der Waals surface area contributed by atoms with Crippen LogP contribution < -0.4 is 34.7 Å². The summed E-state index contributed by atoms with van der Waals surface area (Å²) in [6.07, 6.45) is 0. The molecule has 0 fully saturated rings. The van der Waals surface area contributed by atoms with Crippen molar-refractivity contribution < 1.29 is 29.6 Å². The molecule has 1 aromatic heterocycles. The van der Waals surface area contributed by atoms with Gasteiger partial charge >= 0.3 is 29.6 Å². The number of hydrogen-bond donors (Lipinski definition) is 0. The van der Waals surface area contributed by atoms with Gasteiger partial charge in [0.05, 0.1) is 0 Å². The molecule has 1 rings (SSSR count). The molecule has 6 heteroatoms. The SMILES string of the molecule is [C-]#[N+]c1nnn[n-]1.[Na+]. The molecule has 0 aliphatic carbocycles. The molecule has 0 saturated heterocycles. The van der Waals surface area contributed by atoms with E-state index in [9.17, 15) is 0 Å². The number of hydrogen-bond acceptors (Lipinski definition) is 3. The summed E-state index contributed by atoms with van der Waals surface area (Å²) < 4.78 is 0. The second kappa shape index (κ2) is 3.55. The summed E-state index contributed by atoms with van der Waals surface area (Å²) in [6.45, 7) is 6.28. The number of tetrazole rings is 1. The van der Waals surface area contributed by atoms with E-state index in [0.717, 1.165) is 0 Å². The van der Waals surface area contributed by atoms with Crippen LogP contribution in [0.15, 0.2) is 0 Å². The van der Waals surface area contributed by atoms with E-state index in [1.54, 1.807) is 0 Å². The van der Waals surface area contributed by atoms with Gasteiger partial charge in [0.25, 0.3) is 0 Å². The molecule has 1 aromatic rings. The van der Waals surface area contributed by atoms with Gasteiger partial charge in [-0.05, 0) is 10.4 Å². The smallest absolute Gasteiger partial charge is 0.533 e. The van der Waals surface area contributed by atoms with Crippen LogP contribution in [0.4, 0.5) is 5.95 Å². The zero-order valence-corrected chi connectivity index (χ0v) is 6.24. The van der Waals surface area contributed by atoms with Gasteiger partial charge in [-0.3, -0.25) is 0 Å². The molecule has 0 N–H and O–H groups in total. The molecule has 0 amide bonds. The average molecular weight is 117 g/mol. The van der Waals surface area contributed by atoms with Crippen LogP contribution >= 0.6 is 0 Å².